The van der Waals surface area contributed by atoms with Gasteiger partial charge in [0.2, 0.25) is 0 Å². The molecule has 0 aliphatic heterocycles. The Labute approximate surface area is 180 Å². The molecule has 0 saturated heterocycles. The molecule has 4 rings (SSSR count). The average Bonchev–Trinajstić information content (AvgIpc) is 2.93. The molecule has 4 aliphatic carbocycles. The maximum atomic E-state index is 11.6. The van der Waals surface area contributed by atoms with Gasteiger partial charge in [-0.25, -0.2) is 0 Å². The van der Waals surface area contributed by atoms with Gasteiger partial charge in [-0.15, -0.1) is 0 Å². The summed E-state index contributed by atoms with van der Waals surface area (Å²) in [6.07, 6.45) is 11.0. The van der Waals surface area contributed by atoms with E-state index in [4.69, 9.17) is 9.47 Å². The second-order valence-electron chi connectivity index (χ2n) is 10.9. The number of ether oxygens (including phenoxy) is 2. The third-order valence-corrected chi connectivity index (χ3v) is 9.53. The van der Waals surface area contributed by atoms with Gasteiger partial charge in [-0.2, -0.15) is 0 Å². The zero-order valence-corrected chi connectivity index (χ0v) is 19.0. The fourth-order valence-corrected chi connectivity index (χ4v) is 7.85. The molecule has 0 aromatic rings. The average molecular weight is 419 g/mol. The van der Waals surface area contributed by atoms with E-state index in [1.54, 1.807) is 0 Å². The van der Waals surface area contributed by atoms with Gasteiger partial charge in [-0.1, -0.05) is 25.5 Å². The highest BCUT2D eigenvalue weighted by atomic mass is 16.5. The molecule has 0 aromatic heterocycles. The molecular formula is C25H38O5. The molecule has 5 heteroatoms. The molecule has 0 aromatic carbocycles. The van der Waals surface area contributed by atoms with E-state index in [-0.39, 0.29) is 28.9 Å². The van der Waals surface area contributed by atoms with Crippen LogP contribution in [0.2, 0.25) is 0 Å². The monoisotopic (exact) mass is 418 g/mol. The highest BCUT2D eigenvalue weighted by Crippen LogP contribution is 2.67. The number of carbonyl (C=O) groups is 2. The van der Waals surface area contributed by atoms with Crippen molar-refractivity contribution in [3.63, 3.8) is 0 Å². The van der Waals surface area contributed by atoms with E-state index in [2.05, 4.69) is 19.9 Å². The summed E-state index contributed by atoms with van der Waals surface area (Å²) in [5, 5.41) is 11.6. The van der Waals surface area contributed by atoms with E-state index < -0.39 is 5.60 Å². The topological polar surface area (TPSA) is 72.8 Å². The van der Waals surface area contributed by atoms with E-state index in [1.165, 1.54) is 19.4 Å². The highest BCUT2D eigenvalue weighted by Gasteiger charge is 2.63. The summed E-state index contributed by atoms with van der Waals surface area (Å²) in [6.45, 7) is 7.96. The van der Waals surface area contributed by atoms with Crippen LogP contribution >= 0.6 is 0 Å². The zero-order chi connectivity index (χ0) is 21.7. The zero-order valence-electron chi connectivity index (χ0n) is 19.0. The van der Waals surface area contributed by atoms with Crippen LogP contribution in [0.1, 0.15) is 85.5 Å². The number of carbonyl (C=O) groups excluding carboxylic acids is 2. The number of rotatable bonds is 4. The lowest BCUT2D eigenvalue weighted by Crippen LogP contribution is -2.55. The molecule has 7 atom stereocenters. The Kier molecular flexibility index (Phi) is 5.57. The van der Waals surface area contributed by atoms with Gasteiger partial charge in [0.05, 0.1) is 12.2 Å². The van der Waals surface area contributed by atoms with E-state index in [0.717, 1.165) is 51.4 Å². The minimum absolute atomic E-state index is 0.0325. The van der Waals surface area contributed by atoms with Crippen molar-refractivity contribution in [2.75, 3.05) is 6.61 Å². The first-order chi connectivity index (χ1) is 14.1. The van der Waals surface area contributed by atoms with E-state index in [0.29, 0.717) is 30.8 Å². The van der Waals surface area contributed by atoms with Crippen LogP contribution in [-0.2, 0) is 19.1 Å². The lowest BCUT2D eigenvalue weighted by Gasteiger charge is -2.59. The van der Waals surface area contributed by atoms with Gasteiger partial charge in [0, 0.05) is 26.7 Å². The van der Waals surface area contributed by atoms with Crippen molar-refractivity contribution in [2.45, 2.75) is 97.2 Å². The quantitative estimate of drug-likeness (QED) is 0.535. The Morgan fingerprint density at radius 3 is 2.50 bits per heavy atom. The van der Waals surface area contributed by atoms with Crippen LogP contribution < -0.4 is 0 Å². The number of hydrogen-bond acceptors (Lipinski definition) is 5. The van der Waals surface area contributed by atoms with Crippen LogP contribution in [0.5, 0.6) is 0 Å². The number of allylic oxidation sites excluding steroid dienone is 1. The first kappa shape index (κ1) is 21.9. The molecule has 0 spiro atoms. The Morgan fingerprint density at radius 1 is 1.07 bits per heavy atom. The molecule has 168 valence electrons. The van der Waals surface area contributed by atoms with Crippen molar-refractivity contribution >= 4 is 11.9 Å². The molecule has 0 amide bonds. The van der Waals surface area contributed by atoms with Crippen molar-refractivity contribution < 1.29 is 24.2 Å². The molecule has 0 radical (unpaired) electrons. The van der Waals surface area contributed by atoms with Crippen LogP contribution in [-0.4, -0.2) is 35.4 Å². The molecule has 30 heavy (non-hydrogen) atoms. The summed E-state index contributed by atoms with van der Waals surface area (Å²) < 4.78 is 10.7. The van der Waals surface area contributed by atoms with Crippen molar-refractivity contribution in [1.29, 1.82) is 0 Å². The minimum Gasteiger partial charge on any atom is -0.466 e. The minimum atomic E-state index is -0.740. The SMILES string of the molecule is CC(=O)OCC[C@@]1(O)CC[C@H]2[C@@H]3CC=C4C[C@@H](OC(C)=O)CC[C@]4(C)[C@H]3CC[C@@]21C. The third kappa shape index (κ3) is 3.41. The number of aliphatic hydroxyl groups is 1. The van der Waals surface area contributed by atoms with E-state index in [9.17, 15) is 14.7 Å². The molecule has 5 nitrogen and oxygen atoms in total. The fourth-order valence-electron chi connectivity index (χ4n) is 7.85. The first-order valence-electron chi connectivity index (χ1n) is 11.8. The second-order valence-corrected chi connectivity index (χ2v) is 10.9. The van der Waals surface area contributed by atoms with Gasteiger partial charge in [0.15, 0.2) is 0 Å². The molecule has 1 N–H and O–H groups in total. The first-order valence-corrected chi connectivity index (χ1v) is 11.8. The lowest BCUT2D eigenvalue weighted by molar-refractivity contribution is -0.152. The Hall–Kier alpha value is -1.36. The maximum absolute atomic E-state index is 11.6. The van der Waals surface area contributed by atoms with Gasteiger partial charge in [0.25, 0.3) is 0 Å². The molecule has 4 aliphatic rings. The van der Waals surface area contributed by atoms with Gasteiger partial charge in [-0.05, 0) is 73.5 Å². The fraction of sp³-hybridized carbons (Fsp3) is 0.840. The van der Waals surface area contributed by atoms with Gasteiger partial charge >= 0.3 is 11.9 Å². The van der Waals surface area contributed by atoms with Crippen LogP contribution in [0.15, 0.2) is 11.6 Å². The number of hydrogen-bond donors (Lipinski definition) is 1. The molecule has 0 heterocycles. The molecule has 3 saturated carbocycles. The van der Waals surface area contributed by atoms with Gasteiger partial charge < -0.3 is 14.6 Å². The van der Waals surface area contributed by atoms with Crippen LogP contribution in [0.3, 0.4) is 0 Å². The van der Waals surface area contributed by atoms with E-state index >= 15 is 0 Å². The summed E-state index contributed by atoms with van der Waals surface area (Å²) in [6, 6.07) is 0. The molecular weight excluding hydrogens is 380 g/mol. The molecule has 3 fully saturated rings. The van der Waals surface area contributed by atoms with Crippen LogP contribution in [0, 0.1) is 28.6 Å². The van der Waals surface area contributed by atoms with Gasteiger partial charge in [-0.3, -0.25) is 9.59 Å². The highest BCUT2D eigenvalue weighted by molar-refractivity contribution is 5.66. The standard InChI is InChI=1S/C25H38O5/c1-16(26)29-14-13-25(28)12-9-22-20-6-5-18-15-19(30-17(2)27)7-10-23(18,3)21(20)8-11-24(22,25)4/h5,19-22,28H,6-15H2,1-4H3/t19-,20+,21-,22-,23-,24-,25-/m0/s1. The summed E-state index contributed by atoms with van der Waals surface area (Å²) in [4.78, 5) is 22.6. The normalized spacial score (nSPS) is 44.9. The molecule has 0 unspecified atom stereocenters. The van der Waals surface area contributed by atoms with Crippen LogP contribution in [0.25, 0.3) is 0 Å². The predicted octanol–water partition coefficient (Wildman–Crippen LogP) is 4.57. The smallest absolute Gasteiger partial charge is 0.302 e. The number of esters is 2. The van der Waals surface area contributed by atoms with Crippen LogP contribution in [0.4, 0.5) is 0 Å². The third-order valence-electron chi connectivity index (χ3n) is 9.53. The van der Waals surface area contributed by atoms with Crippen molar-refractivity contribution in [3.8, 4) is 0 Å². The largest absolute Gasteiger partial charge is 0.466 e. The lowest BCUT2D eigenvalue weighted by atomic mass is 9.47. The maximum Gasteiger partial charge on any atom is 0.302 e. The van der Waals surface area contributed by atoms with Crippen molar-refractivity contribution in [2.24, 2.45) is 28.6 Å². The van der Waals surface area contributed by atoms with Crippen molar-refractivity contribution in [1.82, 2.24) is 0 Å². The Morgan fingerprint density at radius 2 is 1.80 bits per heavy atom. The Balaban J connectivity index is 1.52. The summed E-state index contributed by atoms with van der Waals surface area (Å²) in [5.41, 5.74) is 0.841. The Bertz CT molecular complexity index is 744. The molecule has 0 bridgehead atoms. The van der Waals surface area contributed by atoms with Crippen molar-refractivity contribution in [3.05, 3.63) is 11.6 Å². The van der Waals surface area contributed by atoms with Gasteiger partial charge in [0.1, 0.15) is 6.10 Å². The summed E-state index contributed by atoms with van der Waals surface area (Å²) in [7, 11) is 0. The predicted molar refractivity (Wildman–Crippen MR) is 113 cm³/mol. The summed E-state index contributed by atoms with van der Waals surface area (Å²) >= 11 is 0. The van der Waals surface area contributed by atoms with E-state index in [1.807, 2.05) is 0 Å². The second kappa shape index (κ2) is 7.65. The summed E-state index contributed by atoms with van der Waals surface area (Å²) in [5.74, 6) is 1.31. The number of fused-ring (bicyclic) bond motifs is 5.